The highest BCUT2D eigenvalue weighted by Gasteiger charge is 2.58. The van der Waals surface area contributed by atoms with Gasteiger partial charge >= 0.3 is 5.97 Å². The first-order chi connectivity index (χ1) is 15.9. The lowest BCUT2D eigenvalue weighted by Gasteiger charge is -2.26. The Labute approximate surface area is 190 Å². The molecule has 0 spiro atoms. The zero-order valence-electron chi connectivity index (χ0n) is 18.3. The van der Waals surface area contributed by atoms with Crippen molar-refractivity contribution in [1.29, 1.82) is 0 Å². The summed E-state index contributed by atoms with van der Waals surface area (Å²) in [5, 5.41) is 10.1. The summed E-state index contributed by atoms with van der Waals surface area (Å²) in [6.45, 7) is 1.42. The fraction of sp³-hybridized carbons (Fsp3) is 0.200. The van der Waals surface area contributed by atoms with Crippen LogP contribution in [-0.4, -0.2) is 41.7 Å². The lowest BCUT2D eigenvalue weighted by molar-refractivity contribution is -0.157. The van der Waals surface area contributed by atoms with Crippen LogP contribution in [-0.2, 0) is 9.53 Å². The summed E-state index contributed by atoms with van der Waals surface area (Å²) in [7, 11) is 3.05. The van der Waals surface area contributed by atoms with E-state index in [0.717, 1.165) is 0 Å². The maximum Gasteiger partial charge on any atom is 0.350 e. The number of ether oxygens (including phenoxy) is 3. The number of benzene rings is 2. The number of hydrogen-bond acceptors (Lipinski definition) is 6. The summed E-state index contributed by atoms with van der Waals surface area (Å²) in [5.41, 5.74) is -0.847. The molecular weight excluding hydrogens is 426 g/mol. The van der Waals surface area contributed by atoms with Crippen molar-refractivity contribution < 1.29 is 33.3 Å². The number of rotatable bonds is 6. The van der Waals surface area contributed by atoms with Crippen LogP contribution in [0.3, 0.4) is 0 Å². The molecule has 0 bridgehead atoms. The van der Waals surface area contributed by atoms with Crippen LogP contribution >= 0.6 is 0 Å². The van der Waals surface area contributed by atoms with Crippen LogP contribution in [0.25, 0.3) is 6.08 Å². The second kappa shape index (κ2) is 8.74. The molecule has 8 heteroatoms. The molecule has 170 valence electrons. The quantitative estimate of drug-likeness (QED) is 0.597. The number of carboxylic acid groups (broad SMARTS) is 1. The fourth-order valence-corrected chi connectivity index (χ4v) is 3.81. The smallest absolute Gasteiger partial charge is 0.350 e. The van der Waals surface area contributed by atoms with Gasteiger partial charge in [-0.05, 0) is 43.3 Å². The lowest BCUT2D eigenvalue weighted by atomic mass is 9.93. The van der Waals surface area contributed by atoms with Gasteiger partial charge in [-0.1, -0.05) is 18.2 Å². The summed E-state index contributed by atoms with van der Waals surface area (Å²) in [5.74, 6) is -0.271. The van der Waals surface area contributed by atoms with Crippen LogP contribution in [0.4, 0.5) is 0 Å². The van der Waals surface area contributed by atoms with Crippen LogP contribution in [0.15, 0.2) is 77.2 Å². The van der Waals surface area contributed by atoms with Gasteiger partial charge in [-0.25, -0.2) is 4.79 Å². The minimum Gasteiger partial charge on any atom is -0.497 e. The number of hydrogen-bond donors (Lipinski definition) is 1. The van der Waals surface area contributed by atoms with Gasteiger partial charge in [-0.15, -0.1) is 0 Å². The normalized spacial score (nSPS) is 21.0. The first kappa shape index (κ1) is 22.0. The average molecular weight is 449 g/mol. The summed E-state index contributed by atoms with van der Waals surface area (Å²) in [4.78, 5) is 27.3. The molecule has 4 rings (SSSR count). The number of methoxy groups -OCH3 is 2. The van der Waals surface area contributed by atoms with Gasteiger partial charge in [0.1, 0.15) is 23.3 Å². The van der Waals surface area contributed by atoms with Crippen molar-refractivity contribution in [1.82, 2.24) is 4.90 Å². The number of carboxylic acids is 1. The van der Waals surface area contributed by atoms with Gasteiger partial charge in [0, 0.05) is 23.3 Å². The van der Waals surface area contributed by atoms with Gasteiger partial charge in [-0.2, -0.15) is 0 Å². The van der Waals surface area contributed by atoms with Crippen molar-refractivity contribution in [3.63, 3.8) is 0 Å². The Bertz CT molecular complexity index is 1190. The molecule has 1 aromatic heterocycles. The van der Waals surface area contributed by atoms with E-state index in [4.69, 9.17) is 18.6 Å². The summed E-state index contributed by atoms with van der Waals surface area (Å²) in [6, 6.07) is 15.9. The van der Waals surface area contributed by atoms with Crippen molar-refractivity contribution in [2.45, 2.75) is 18.6 Å². The third kappa shape index (κ3) is 3.91. The van der Waals surface area contributed by atoms with Crippen LogP contribution in [0.1, 0.15) is 34.6 Å². The molecule has 2 atom stereocenters. The second-order valence-corrected chi connectivity index (χ2v) is 7.56. The number of carbonyl (C=O) groups excluding carboxylic acids is 1. The molecule has 0 saturated carbocycles. The van der Waals surface area contributed by atoms with E-state index in [1.54, 1.807) is 73.8 Å². The topological polar surface area (TPSA) is 98.4 Å². The Kier molecular flexibility index (Phi) is 5.83. The molecule has 1 saturated heterocycles. The Hall–Kier alpha value is -4.20. The van der Waals surface area contributed by atoms with Crippen LogP contribution in [0.2, 0.25) is 0 Å². The molecular formula is C25H23NO7. The standard InChI is InChI=1S/C25H23NO7/c1-25(24(28)29)22(19-10-7-13-32-19)26(23(27)16-8-5-4-6-9-16)21(33-25)14-17-11-12-18(30-2)15-20(17)31-3/h4-15,22H,1-3H3,(H,28,29)/b21-14-/t22-,25+/m0/s1. The molecule has 0 radical (unpaired) electrons. The van der Waals surface area contributed by atoms with Gasteiger partial charge in [0.25, 0.3) is 5.91 Å². The fourth-order valence-electron chi connectivity index (χ4n) is 3.81. The molecule has 1 amide bonds. The van der Waals surface area contributed by atoms with Gasteiger partial charge in [0.2, 0.25) is 5.60 Å². The maximum absolute atomic E-state index is 13.6. The summed E-state index contributed by atoms with van der Waals surface area (Å²) in [6.07, 6.45) is 3.00. The predicted molar refractivity (Wildman–Crippen MR) is 119 cm³/mol. The molecule has 0 unspecified atom stereocenters. The van der Waals surface area contributed by atoms with E-state index in [1.165, 1.54) is 25.2 Å². The van der Waals surface area contributed by atoms with Crippen molar-refractivity contribution in [2.75, 3.05) is 14.2 Å². The third-order valence-corrected chi connectivity index (χ3v) is 5.53. The van der Waals surface area contributed by atoms with Crippen LogP contribution < -0.4 is 9.47 Å². The minimum absolute atomic E-state index is 0.0543. The number of carbonyl (C=O) groups is 2. The summed E-state index contributed by atoms with van der Waals surface area (Å²) < 4.78 is 22.2. The number of aliphatic carboxylic acids is 1. The van der Waals surface area contributed by atoms with Crippen molar-refractivity contribution in [2.24, 2.45) is 0 Å². The molecule has 1 fully saturated rings. The molecule has 0 aliphatic carbocycles. The van der Waals surface area contributed by atoms with Crippen molar-refractivity contribution in [3.8, 4) is 11.5 Å². The zero-order valence-corrected chi connectivity index (χ0v) is 18.3. The summed E-state index contributed by atoms with van der Waals surface area (Å²) >= 11 is 0. The molecule has 1 aliphatic heterocycles. The average Bonchev–Trinajstić information content (AvgIpc) is 3.45. The number of nitrogens with zero attached hydrogens (tertiary/aromatic N) is 1. The number of amides is 1. The highest BCUT2D eigenvalue weighted by atomic mass is 16.6. The van der Waals surface area contributed by atoms with E-state index in [-0.39, 0.29) is 11.6 Å². The molecule has 8 nitrogen and oxygen atoms in total. The zero-order chi connectivity index (χ0) is 23.6. The molecule has 2 aromatic carbocycles. The Morgan fingerprint density at radius 3 is 2.42 bits per heavy atom. The van der Waals surface area contributed by atoms with E-state index in [2.05, 4.69) is 0 Å². The molecule has 1 N–H and O–H groups in total. The van der Waals surface area contributed by atoms with E-state index in [0.29, 0.717) is 22.6 Å². The van der Waals surface area contributed by atoms with E-state index >= 15 is 0 Å². The molecule has 2 heterocycles. The number of furan rings is 1. The Morgan fingerprint density at radius 2 is 1.82 bits per heavy atom. The molecule has 33 heavy (non-hydrogen) atoms. The van der Waals surface area contributed by atoms with E-state index < -0.39 is 23.5 Å². The first-order valence-electron chi connectivity index (χ1n) is 10.2. The van der Waals surface area contributed by atoms with Gasteiger partial charge < -0.3 is 23.7 Å². The van der Waals surface area contributed by atoms with Gasteiger partial charge in [0.15, 0.2) is 5.88 Å². The highest BCUT2D eigenvalue weighted by molar-refractivity contribution is 5.97. The SMILES string of the molecule is COc1ccc(/C=C2\O[C@@](C)(C(=O)O)[C@H](c3ccco3)N2C(=O)c2ccccc2)c(OC)c1. The predicted octanol–water partition coefficient (Wildman–Crippen LogP) is 4.35. The van der Waals surface area contributed by atoms with E-state index in [9.17, 15) is 14.7 Å². The second-order valence-electron chi connectivity index (χ2n) is 7.56. The molecule has 1 aliphatic rings. The maximum atomic E-state index is 13.6. The first-order valence-corrected chi connectivity index (χ1v) is 10.2. The Morgan fingerprint density at radius 1 is 1.06 bits per heavy atom. The van der Waals surface area contributed by atoms with Gasteiger partial charge in [0.05, 0.1) is 20.5 Å². The molecule has 3 aromatic rings. The van der Waals surface area contributed by atoms with E-state index in [1.807, 2.05) is 0 Å². The monoisotopic (exact) mass is 449 g/mol. The van der Waals surface area contributed by atoms with Crippen LogP contribution in [0.5, 0.6) is 11.5 Å². The minimum atomic E-state index is -1.80. The Balaban J connectivity index is 1.90. The highest BCUT2D eigenvalue weighted by Crippen LogP contribution is 2.47. The largest absolute Gasteiger partial charge is 0.497 e. The van der Waals surface area contributed by atoms with Crippen LogP contribution in [0, 0.1) is 0 Å². The third-order valence-electron chi connectivity index (χ3n) is 5.53. The van der Waals surface area contributed by atoms with Crippen molar-refractivity contribution >= 4 is 18.0 Å². The lowest BCUT2D eigenvalue weighted by Crippen LogP contribution is -2.44. The van der Waals surface area contributed by atoms with Crippen molar-refractivity contribution in [3.05, 3.63) is 89.7 Å². The van der Waals surface area contributed by atoms with Gasteiger partial charge in [-0.3, -0.25) is 9.69 Å².